The molecule has 7 nitrogen and oxygen atoms in total. The standard InChI is InChI=1S/C25H24F2N4O3/c1-33-23-12-17(4-9-22(23)30-14-21(13-26)28-16-30)11-18-3-2-10-31-24(18)29-34-25(31,15-32)19-5-7-20(27)8-6-19/h4-9,11-12,14,16,32H,2-3,10,13,15H2,1H3/b18-11+. The maximum Gasteiger partial charge on any atom is 0.260 e. The summed E-state index contributed by atoms with van der Waals surface area (Å²) in [6.45, 7) is -0.311. The third-order valence-corrected chi connectivity index (χ3v) is 6.20. The molecule has 2 aliphatic heterocycles. The smallest absolute Gasteiger partial charge is 0.260 e. The molecule has 34 heavy (non-hydrogen) atoms. The second-order valence-electron chi connectivity index (χ2n) is 8.22. The number of amidine groups is 1. The lowest BCUT2D eigenvalue weighted by atomic mass is 9.95. The number of halogens is 2. The van der Waals surface area contributed by atoms with Crippen molar-refractivity contribution >= 4 is 11.9 Å². The molecule has 0 radical (unpaired) electrons. The summed E-state index contributed by atoms with van der Waals surface area (Å²) in [5.74, 6) is 0.907. The molecule has 1 atom stereocenters. The van der Waals surface area contributed by atoms with E-state index in [1.54, 1.807) is 36.3 Å². The lowest BCUT2D eigenvalue weighted by Gasteiger charge is -2.38. The molecular formula is C25H24F2N4O3. The third kappa shape index (κ3) is 3.71. The van der Waals surface area contributed by atoms with Crippen LogP contribution in [0.15, 0.2) is 65.7 Å². The number of benzene rings is 2. The fourth-order valence-electron chi connectivity index (χ4n) is 4.47. The Balaban J connectivity index is 1.46. The van der Waals surface area contributed by atoms with E-state index in [0.29, 0.717) is 29.4 Å². The second kappa shape index (κ2) is 8.90. The summed E-state index contributed by atoms with van der Waals surface area (Å²) in [5.41, 5.74) is 2.41. The van der Waals surface area contributed by atoms with Crippen LogP contribution >= 0.6 is 0 Å². The molecule has 5 rings (SSSR count). The van der Waals surface area contributed by atoms with E-state index < -0.39 is 12.4 Å². The number of ether oxygens (including phenoxy) is 1. The molecule has 0 spiro atoms. The second-order valence-corrected chi connectivity index (χ2v) is 8.22. The summed E-state index contributed by atoms with van der Waals surface area (Å²) >= 11 is 0. The summed E-state index contributed by atoms with van der Waals surface area (Å²) in [4.78, 5) is 11.8. The van der Waals surface area contributed by atoms with Gasteiger partial charge in [0.25, 0.3) is 5.72 Å². The van der Waals surface area contributed by atoms with E-state index in [1.807, 2.05) is 29.2 Å². The van der Waals surface area contributed by atoms with Gasteiger partial charge in [0.1, 0.15) is 24.8 Å². The van der Waals surface area contributed by atoms with Crippen LogP contribution in [0, 0.1) is 5.82 Å². The number of aliphatic hydroxyl groups excluding tert-OH is 1. The summed E-state index contributed by atoms with van der Waals surface area (Å²) < 4.78 is 33.7. The first-order valence-electron chi connectivity index (χ1n) is 11.0. The Kier molecular flexibility index (Phi) is 5.79. The zero-order valence-electron chi connectivity index (χ0n) is 18.6. The molecule has 2 aromatic carbocycles. The molecule has 1 fully saturated rings. The molecule has 176 valence electrons. The van der Waals surface area contributed by atoms with E-state index in [9.17, 15) is 13.9 Å². The number of hydrogen-bond acceptors (Lipinski definition) is 6. The monoisotopic (exact) mass is 466 g/mol. The predicted octanol–water partition coefficient (Wildman–Crippen LogP) is 4.16. The SMILES string of the molecule is COc1cc(/C=C2\CCCN3C2=NOC3(CO)c2ccc(F)cc2)ccc1-n1cnc(CF)c1. The fraction of sp³-hybridized carbons (Fsp3) is 0.280. The third-order valence-electron chi connectivity index (χ3n) is 6.20. The van der Waals surface area contributed by atoms with Crippen molar-refractivity contribution in [3.8, 4) is 11.4 Å². The van der Waals surface area contributed by atoms with Crippen LogP contribution in [0.4, 0.5) is 8.78 Å². The normalized spacial score (nSPS) is 20.8. The number of piperidine rings is 1. The van der Waals surface area contributed by atoms with Crippen LogP contribution in [-0.4, -0.2) is 45.7 Å². The van der Waals surface area contributed by atoms with Crippen molar-refractivity contribution in [3.05, 3.63) is 83.2 Å². The first-order valence-corrected chi connectivity index (χ1v) is 11.0. The van der Waals surface area contributed by atoms with Crippen molar-refractivity contribution in [1.29, 1.82) is 0 Å². The van der Waals surface area contributed by atoms with Crippen molar-refractivity contribution in [2.24, 2.45) is 5.16 Å². The van der Waals surface area contributed by atoms with E-state index in [-0.39, 0.29) is 12.4 Å². The van der Waals surface area contributed by atoms with Gasteiger partial charge in [0, 0.05) is 18.3 Å². The number of rotatable bonds is 6. The van der Waals surface area contributed by atoms with Gasteiger partial charge in [-0.25, -0.2) is 13.8 Å². The molecule has 2 aliphatic rings. The quantitative estimate of drug-likeness (QED) is 0.591. The van der Waals surface area contributed by atoms with Gasteiger partial charge in [-0.15, -0.1) is 0 Å². The van der Waals surface area contributed by atoms with E-state index in [1.165, 1.54) is 12.1 Å². The number of nitrogens with zero attached hydrogens (tertiary/aromatic N) is 4. The molecule has 1 saturated heterocycles. The first-order chi connectivity index (χ1) is 16.6. The van der Waals surface area contributed by atoms with Crippen LogP contribution in [-0.2, 0) is 17.2 Å². The lowest BCUT2D eigenvalue weighted by Crippen LogP contribution is -2.51. The molecule has 1 unspecified atom stereocenters. The Labute approximate surface area is 195 Å². The maximum absolute atomic E-state index is 13.5. The largest absolute Gasteiger partial charge is 0.495 e. The highest BCUT2D eigenvalue weighted by molar-refractivity contribution is 6.03. The maximum atomic E-state index is 13.5. The molecule has 0 bridgehead atoms. The van der Waals surface area contributed by atoms with Gasteiger partial charge < -0.3 is 24.1 Å². The Bertz CT molecular complexity index is 1260. The molecule has 1 aromatic heterocycles. The van der Waals surface area contributed by atoms with E-state index in [4.69, 9.17) is 9.57 Å². The van der Waals surface area contributed by atoms with Gasteiger partial charge in [-0.3, -0.25) is 0 Å². The minimum absolute atomic E-state index is 0.326. The number of alkyl halides is 1. The van der Waals surface area contributed by atoms with Crippen molar-refractivity contribution in [2.75, 3.05) is 20.3 Å². The van der Waals surface area contributed by atoms with Crippen molar-refractivity contribution in [1.82, 2.24) is 14.5 Å². The van der Waals surface area contributed by atoms with Crippen molar-refractivity contribution < 1.29 is 23.5 Å². The highest BCUT2D eigenvalue weighted by Crippen LogP contribution is 2.40. The van der Waals surface area contributed by atoms with E-state index in [2.05, 4.69) is 10.1 Å². The predicted molar refractivity (Wildman–Crippen MR) is 123 cm³/mol. The highest BCUT2D eigenvalue weighted by atomic mass is 19.1. The number of imidazole rings is 1. The summed E-state index contributed by atoms with van der Waals surface area (Å²) in [6, 6.07) is 11.6. The van der Waals surface area contributed by atoms with Gasteiger partial charge in [-0.2, -0.15) is 0 Å². The highest BCUT2D eigenvalue weighted by Gasteiger charge is 2.49. The Morgan fingerprint density at radius 3 is 2.76 bits per heavy atom. The lowest BCUT2D eigenvalue weighted by molar-refractivity contribution is -0.137. The molecule has 0 saturated carbocycles. The number of fused-ring (bicyclic) bond motifs is 1. The van der Waals surface area contributed by atoms with Crippen molar-refractivity contribution in [3.63, 3.8) is 0 Å². The van der Waals surface area contributed by atoms with Gasteiger partial charge in [-0.1, -0.05) is 11.2 Å². The Morgan fingerprint density at radius 1 is 1.24 bits per heavy atom. The summed E-state index contributed by atoms with van der Waals surface area (Å²) in [5, 5.41) is 14.6. The molecule has 0 amide bonds. The van der Waals surface area contributed by atoms with E-state index >= 15 is 0 Å². The van der Waals surface area contributed by atoms with Gasteiger partial charge >= 0.3 is 0 Å². The van der Waals surface area contributed by atoms with Gasteiger partial charge in [-0.05, 0) is 66.5 Å². The van der Waals surface area contributed by atoms with Gasteiger partial charge in [0.2, 0.25) is 0 Å². The fourth-order valence-corrected chi connectivity index (χ4v) is 4.47. The van der Waals surface area contributed by atoms with Crippen LogP contribution < -0.4 is 4.74 Å². The molecule has 3 aromatic rings. The average Bonchev–Trinajstić information content (AvgIpc) is 3.50. The summed E-state index contributed by atoms with van der Waals surface area (Å²) in [7, 11) is 1.58. The number of aromatic nitrogens is 2. The first kappa shape index (κ1) is 22.1. The summed E-state index contributed by atoms with van der Waals surface area (Å²) in [6.07, 6.45) is 6.82. The van der Waals surface area contributed by atoms with Crippen LogP contribution in [0.25, 0.3) is 11.8 Å². The van der Waals surface area contributed by atoms with Crippen LogP contribution in [0.3, 0.4) is 0 Å². The zero-order chi connectivity index (χ0) is 23.7. The minimum atomic E-state index is -1.18. The van der Waals surface area contributed by atoms with Gasteiger partial charge in [0.15, 0.2) is 5.84 Å². The van der Waals surface area contributed by atoms with Crippen molar-refractivity contribution in [2.45, 2.75) is 25.2 Å². The van der Waals surface area contributed by atoms with Crippen LogP contribution in [0.1, 0.15) is 29.7 Å². The molecule has 9 heteroatoms. The number of hydrogen-bond donors (Lipinski definition) is 1. The van der Waals surface area contributed by atoms with Crippen LogP contribution in [0.2, 0.25) is 0 Å². The number of methoxy groups -OCH3 is 1. The molecule has 0 aliphatic carbocycles. The minimum Gasteiger partial charge on any atom is -0.495 e. The Morgan fingerprint density at radius 2 is 2.06 bits per heavy atom. The van der Waals surface area contributed by atoms with E-state index in [0.717, 1.165) is 29.7 Å². The molecule has 1 N–H and O–H groups in total. The zero-order valence-corrected chi connectivity index (χ0v) is 18.6. The molecule has 3 heterocycles. The topological polar surface area (TPSA) is 72.1 Å². The van der Waals surface area contributed by atoms with Crippen LogP contribution in [0.5, 0.6) is 5.75 Å². The van der Waals surface area contributed by atoms with Gasteiger partial charge in [0.05, 0.1) is 24.8 Å². The number of aliphatic hydroxyl groups is 1. The number of oxime groups is 1. The average molecular weight is 466 g/mol. The Hall–Kier alpha value is -3.72. The molecular weight excluding hydrogens is 442 g/mol.